The van der Waals surface area contributed by atoms with Crippen LogP contribution in [0.25, 0.3) is 22.4 Å². The zero-order valence-electron chi connectivity index (χ0n) is 27.4. The summed E-state index contributed by atoms with van der Waals surface area (Å²) in [7, 11) is 0. The highest BCUT2D eigenvalue weighted by Crippen LogP contribution is 2.44. The average Bonchev–Trinajstić information content (AvgIpc) is 3.15. The second-order valence-corrected chi connectivity index (χ2v) is 13.1. The van der Waals surface area contributed by atoms with Crippen LogP contribution >= 0.6 is 0 Å². The maximum Gasteiger partial charge on any atom is 0.0506 e. The summed E-state index contributed by atoms with van der Waals surface area (Å²) >= 11 is 0. The minimum absolute atomic E-state index is 0.245. The molecule has 234 valence electrons. The Morgan fingerprint density at radius 2 is 1.48 bits per heavy atom. The topological polar surface area (TPSA) is 3.24 Å². The number of allylic oxidation sites excluding steroid dienone is 16. The average molecular weight is 620 g/mol. The zero-order chi connectivity index (χ0) is 32.3. The normalized spacial score (nSPS) is 21.9. The van der Waals surface area contributed by atoms with Crippen molar-refractivity contribution in [1.29, 1.82) is 0 Å². The third kappa shape index (κ3) is 5.82. The van der Waals surface area contributed by atoms with E-state index in [1.54, 1.807) is 0 Å². The molecule has 0 radical (unpaired) electrons. The van der Waals surface area contributed by atoms with Crippen molar-refractivity contribution >= 4 is 39.5 Å². The van der Waals surface area contributed by atoms with Crippen molar-refractivity contribution in [3.8, 4) is 0 Å². The molecule has 1 nitrogen and oxygen atoms in total. The van der Waals surface area contributed by atoms with Gasteiger partial charge in [0.05, 0.1) is 5.69 Å². The Bertz CT molecular complexity index is 2100. The summed E-state index contributed by atoms with van der Waals surface area (Å²) in [5.74, 6) is 0.710. The molecule has 8 rings (SSSR count). The molecule has 0 spiro atoms. The lowest BCUT2D eigenvalue weighted by atomic mass is 9.82. The van der Waals surface area contributed by atoms with Crippen LogP contribution in [0.1, 0.15) is 53.9 Å². The SMILES string of the molecule is C=C1/C=C\C=C/C/C=C\CC1c1ccc(N(c2ccc(C3=C4C=CC=CC4CC=C3)cc2)c2cc3ccccc3c3c2CCC=C3)cc1. The molecular formula is C47H41N. The Morgan fingerprint density at radius 1 is 0.667 bits per heavy atom. The molecule has 0 heterocycles. The van der Waals surface area contributed by atoms with Crippen molar-refractivity contribution in [2.24, 2.45) is 5.92 Å². The van der Waals surface area contributed by atoms with Crippen LogP contribution in [0.15, 0.2) is 176 Å². The van der Waals surface area contributed by atoms with Gasteiger partial charge in [-0.15, -0.1) is 0 Å². The summed E-state index contributed by atoms with van der Waals surface area (Å²) in [6.07, 6.45) is 36.4. The van der Waals surface area contributed by atoms with Gasteiger partial charge in [0.25, 0.3) is 0 Å². The van der Waals surface area contributed by atoms with E-state index in [-0.39, 0.29) is 5.92 Å². The predicted octanol–water partition coefficient (Wildman–Crippen LogP) is 12.8. The first-order valence-corrected chi connectivity index (χ1v) is 17.4. The van der Waals surface area contributed by atoms with Gasteiger partial charge in [0.15, 0.2) is 0 Å². The van der Waals surface area contributed by atoms with E-state index in [4.69, 9.17) is 0 Å². The van der Waals surface area contributed by atoms with Crippen LogP contribution < -0.4 is 4.90 Å². The van der Waals surface area contributed by atoms with Crippen molar-refractivity contribution in [2.75, 3.05) is 4.90 Å². The minimum atomic E-state index is 0.245. The molecule has 0 fully saturated rings. The van der Waals surface area contributed by atoms with Crippen LogP contribution in [0.2, 0.25) is 0 Å². The van der Waals surface area contributed by atoms with E-state index in [9.17, 15) is 0 Å². The number of nitrogens with zero attached hydrogens (tertiary/aromatic N) is 1. The standard InChI is InChI=1S/C47H41N/c1-34-15-6-4-2-3-5-7-19-41(34)36-25-29-39(30-26-36)48(47-33-38-17-9-11-21-44(38)45-22-12-13-23-46(45)47)40-31-27-37(28-32-40)43-24-14-18-35-16-8-10-20-42(35)43/h2,4-12,14-17,20-22,24-33,35,41H,1,3,13,18-19,23H2/b4-2-,7-5-,15-6-. The molecule has 0 saturated heterocycles. The predicted molar refractivity (Wildman–Crippen MR) is 207 cm³/mol. The molecule has 2 unspecified atom stereocenters. The monoisotopic (exact) mass is 619 g/mol. The number of hydrogen-bond acceptors (Lipinski definition) is 1. The Labute approximate surface area is 285 Å². The number of anilines is 3. The number of benzene rings is 4. The second-order valence-electron chi connectivity index (χ2n) is 13.1. The maximum absolute atomic E-state index is 4.46. The molecule has 2 atom stereocenters. The molecule has 48 heavy (non-hydrogen) atoms. The van der Waals surface area contributed by atoms with E-state index < -0.39 is 0 Å². The first-order chi connectivity index (χ1) is 23.7. The molecule has 0 N–H and O–H groups in total. The third-order valence-electron chi connectivity index (χ3n) is 10.2. The van der Waals surface area contributed by atoms with E-state index >= 15 is 0 Å². The fourth-order valence-corrected chi connectivity index (χ4v) is 7.69. The highest BCUT2D eigenvalue weighted by molar-refractivity contribution is 5.98. The fraction of sp³-hybridized carbons (Fsp3) is 0.149. The van der Waals surface area contributed by atoms with Gasteiger partial charge in [-0.05, 0) is 112 Å². The molecular weight excluding hydrogens is 579 g/mol. The summed E-state index contributed by atoms with van der Waals surface area (Å²) in [6, 6.07) is 29.7. The molecule has 4 aliphatic rings. The molecule has 4 aromatic rings. The minimum Gasteiger partial charge on any atom is -0.310 e. The lowest BCUT2D eigenvalue weighted by Crippen LogP contribution is -2.14. The molecule has 0 saturated carbocycles. The van der Waals surface area contributed by atoms with Crippen LogP contribution in [0, 0.1) is 5.92 Å². The molecule has 4 aliphatic carbocycles. The van der Waals surface area contributed by atoms with E-state index in [0.29, 0.717) is 5.92 Å². The zero-order valence-corrected chi connectivity index (χ0v) is 27.4. The number of fused-ring (bicyclic) bond motifs is 4. The highest BCUT2D eigenvalue weighted by Gasteiger charge is 2.23. The van der Waals surface area contributed by atoms with Gasteiger partial charge in [-0.25, -0.2) is 0 Å². The molecule has 1 heteroatoms. The second kappa shape index (κ2) is 13.4. The van der Waals surface area contributed by atoms with Gasteiger partial charge in [0, 0.05) is 23.2 Å². The van der Waals surface area contributed by atoms with E-state index in [1.807, 2.05) is 0 Å². The fourth-order valence-electron chi connectivity index (χ4n) is 7.69. The summed E-state index contributed by atoms with van der Waals surface area (Å²) in [5, 5.41) is 2.59. The van der Waals surface area contributed by atoms with Gasteiger partial charge in [-0.3, -0.25) is 0 Å². The number of hydrogen-bond donors (Lipinski definition) is 0. The van der Waals surface area contributed by atoms with E-state index in [0.717, 1.165) is 43.4 Å². The van der Waals surface area contributed by atoms with Crippen molar-refractivity contribution in [1.82, 2.24) is 0 Å². The van der Waals surface area contributed by atoms with Gasteiger partial charge in [-0.2, -0.15) is 0 Å². The van der Waals surface area contributed by atoms with Crippen molar-refractivity contribution in [2.45, 2.75) is 38.0 Å². The number of rotatable bonds is 5. The van der Waals surface area contributed by atoms with Gasteiger partial charge < -0.3 is 4.90 Å². The largest absolute Gasteiger partial charge is 0.310 e. The Balaban J connectivity index is 1.24. The Hall–Kier alpha value is -5.40. The van der Waals surface area contributed by atoms with Gasteiger partial charge in [0.2, 0.25) is 0 Å². The summed E-state index contributed by atoms with van der Waals surface area (Å²) in [4.78, 5) is 2.48. The highest BCUT2D eigenvalue weighted by atomic mass is 15.1. The Kier molecular flexibility index (Phi) is 8.35. The lowest BCUT2D eigenvalue weighted by Gasteiger charge is -2.31. The molecule has 4 aromatic carbocycles. The first kappa shape index (κ1) is 30.0. The Morgan fingerprint density at radius 3 is 2.35 bits per heavy atom. The van der Waals surface area contributed by atoms with Gasteiger partial charge in [-0.1, -0.05) is 140 Å². The van der Waals surface area contributed by atoms with Crippen molar-refractivity contribution < 1.29 is 0 Å². The molecule has 0 bridgehead atoms. The summed E-state index contributed by atoms with van der Waals surface area (Å²) in [5.41, 5.74) is 12.8. The van der Waals surface area contributed by atoms with Crippen LogP contribution in [0.4, 0.5) is 17.1 Å². The van der Waals surface area contributed by atoms with E-state index in [2.05, 4.69) is 175 Å². The molecule has 0 aliphatic heterocycles. The van der Waals surface area contributed by atoms with Crippen LogP contribution in [-0.4, -0.2) is 0 Å². The summed E-state index contributed by atoms with van der Waals surface area (Å²) < 4.78 is 0. The summed E-state index contributed by atoms with van der Waals surface area (Å²) in [6.45, 7) is 4.46. The first-order valence-electron chi connectivity index (χ1n) is 17.4. The lowest BCUT2D eigenvalue weighted by molar-refractivity contribution is 0.784. The van der Waals surface area contributed by atoms with Gasteiger partial charge >= 0.3 is 0 Å². The van der Waals surface area contributed by atoms with Crippen LogP contribution in [0.5, 0.6) is 0 Å². The molecule has 0 aromatic heterocycles. The quantitative estimate of drug-likeness (QED) is 0.201. The van der Waals surface area contributed by atoms with Crippen LogP contribution in [0.3, 0.4) is 0 Å². The van der Waals surface area contributed by atoms with E-state index in [1.165, 1.54) is 55.5 Å². The molecule has 0 amide bonds. The van der Waals surface area contributed by atoms with Gasteiger partial charge in [0.1, 0.15) is 0 Å². The van der Waals surface area contributed by atoms with Crippen molar-refractivity contribution in [3.05, 3.63) is 198 Å². The smallest absolute Gasteiger partial charge is 0.0506 e. The maximum atomic E-state index is 4.46. The van der Waals surface area contributed by atoms with Crippen molar-refractivity contribution in [3.63, 3.8) is 0 Å². The third-order valence-corrected chi connectivity index (χ3v) is 10.2. The van der Waals surface area contributed by atoms with Crippen LogP contribution in [-0.2, 0) is 6.42 Å².